The van der Waals surface area contributed by atoms with Crippen molar-refractivity contribution in [3.05, 3.63) is 36.5 Å². The molecule has 0 radical (unpaired) electrons. The van der Waals surface area contributed by atoms with Crippen molar-refractivity contribution in [2.45, 2.75) is 328 Å². The van der Waals surface area contributed by atoms with Crippen LogP contribution in [0.4, 0.5) is 0 Å². The predicted molar refractivity (Wildman–Crippen MR) is 288 cm³/mol. The highest BCUT2D eigenvalue weighted by atomic mass is 16.6. The van der Waals surface area contributed by atoms with Crippen molar-refractivity contribution in [2.75, 3.05) is 13.2 Å². The molecule has 0 aromatic heterocycles. The second-order valence-corrected chi connectivity index (χ2v) is 20.1. The molecule has 0 spiro atoms. The van der Waals surface area contributed by atoms with Crippen LogP contribution in [0.1, 0.15) is 322 Å². The molecule has 0 aromatic carbocycles. The van der Waals surface area contributed by atoms with Crippen molar-refractivity contribution in [1.82, 2.24) is 0 Å². The molecule has 0 heterocycles. The maximum absolute atomic E-state index is 12.3. The van der Waals surface area contributed by atoms with Gasteiger partial charge >= 0.3 is 11.9 Å². The molecule has 0 bridgehead atoms. The molecule has 0 aliphatic heterocycles. The van der Waals surface area contributed by atoms with Gasteiger partial charge in [0.15, 0.2) is 6.10 Å². The lowest BCUT2D eigenvalue weighted by atomic mass is 10.0. The number of rotatable bonds is 55. The van der Waals surface area contributed by atoms with Crippen LogP contribution in [-0.4, -0.2) is 36.4 Å². The number of unbranched alkanes of at least 4 members (excludes halogenated alkanes) is 41. The van der Waals surface area contributed by atoms with Crippen LogP contribution < -0.4 is 0 Å². The van der Waals surface area contributed by atoms with E-state index in [0.717, 1.165) is 44.9 Å². The molecule has 0 aromatic rings. The third kappa shape index (κ3) is 54.7. The molecular formula is C61H114O5. The van der Waals surface area contributed by atoms with Crippen LogP contribution in [0.15, 0.2) is 36.5 Å². The monoisotopic (exact) mass is 927 g/mol. The molecule has 1 N–H and O–H groups in total. The standard InChI is InChI=1S/C61H114O5/c1-3-5-7-9-11-13-15-17-19-21-23-24-25-26-27-28-29-30-31-32-33-34-35-36-38-40-42-44-46-48-50-52-54-56-61(64)66-59(57-62)58-65-60(63)55-53-51-49-47-45-43-41-39-37-22-20-18-16-14-12-10-8-6-4-2/h15,17,21,23,25-26,59,62H,3-14,16,18-20,22,24,27-58H2,1-2H3/b17-15-,23-21-,26-25-. The third-order valence-corrected chi connectivity index (χ3v) is 13.4. The van der Waals surface area contributed by atoms with E-state index in [1.165, 1.54) is 250 Å². The molecule has 66 heavy (non-hydrogen) atoms. The van der Waals surface area contributed by atoms with Gasteiger partial charge in [-0.2, -0.15) is 0 Å². The first-order valence-corrected chi connectivity index (χ1v) is 29.5. The molecule has 0 aliphatic carbocycles. The number of carbonyl (C=O) groups is 2. The van der Waals surface area contributed by atoms with E-state index in [9.17, 15) is 14.7 Å². The zero-order valence-electron chi connectivity index (χ0n) is 44.5. The summed E-state index contributed by atoms with van der Waals surface area (Å²) in [6.45, 7) is 4.18. The number of hydrogen-bond acceptors (Lipinski definition) is 5. The Labute approximate surface area is 412 Å². The Kier molecular flexibility index (Phi) is 55.8. The van der Waals surface area contributed by atoms with Crippen molar-refractivity contribution < 1.29 is 24.2 Å². The smallest absolute Gasteiger partial charge is 0.306 e. The Balaban J connectivity index is 3.42. The summed E-state index contributed by atoms with van der Waals surface area (Å²) < 4.78 is 10.7. The fraction of sp³-hybridized carbons (Fsp3) is 0.869. The first kappa shape index (κ1) is 64.1. The number of allylic oxidation sites excluding steroid dienone is 6. The third-order valence-electron chi connectivity index (χ3n) is 13.4. The average Bonchev–Trinajstić information content (AvgIpc) is 3.32. The SMILES string of the molecule is CCCCCCC/C=C\C/C=C\C/C=C\CCCCCCCCCCCCCCCCCCCCC(=O)OC(CO)COC(=O)CCCCCCCCCCCCCCCCCCCCC. The first-order valence-electron chi connectivity index (χ1n) is 29.5. The number of carbonyl (C=O) groups excluding carboxylic acids is 2. The van der Waals surface area contributed by atoms with Crippen LogP contribution in [0.3, 0.4) is 0 Å². The van der Waals surface area contributed by atoms with Gasteiger partial charge in [-0.15, -0.1) is 0 Å². The Bertz CT molecular complexity index is 1050. The summed E-state index contributed by atoms with van der Waals surface area (Å²) in [6, 6.07) is 0. The molecule has 5 heteroatoms. The highest BCUT2D eigenvalue weighted by Gasteiger charge is 2.16. The van der Waals surface area contributed by atoms with Gasteiger partial charge < -0.3 is 14.6 Å². The van der Waals surface area contributed by atoms with Crippen LogP contribution in [0.2, 0.25) is 0 Å². The Morgan fingerprint density at radius 2 is 0.606 bits per heavy atom. The minimum Gasteiger partial charge on any atom is -0.462 e. The molecule has 1 unspecified atom stereocenters. The van der Waals surface area contributed by atoms with E-state index in [0.29, 0.717) is 12.8 Å². The molecule has 1 atom stereocenters. The largest absolute Gasteiger partial charge is 0.462 e. The molecule has 5 nitrogen and oxygen atoms in total. The zero-order chi connectivity index (χ0) is 47.7. The predicted octanol–water partition coefficient (Wildman–Crippen LogP) is 19.9. The highest BCUT2D eigenvalue weighted by Crippen LogP contribution is 2.17. The second kappa shape index (κ2) is 57.4. The van der Waals surface area contributed by atoms with Gasteiger partial charge in [0, 0.05) is 12.8 Å². The summed E-state index contributed by atoms with van der Waals surface area (Å²) in [5, 5.41) is 9.65. The minimum atomic E-state index is -0.768. The van der Waals surface area contributed by atoms with Gasteiger partial charge in [0.1, 0.15) is 6.61 Å². The Hall–Kier alpha value is -1.88. The molecule has 0 aliphatic rings. The van der Waals surface area contributed by atoms with E-state index >= 15 is 0 Å². The summed E-state index contributed by atoms with van der Waals surface area (Å²) >= 11 is 0. The number of hydrogen-bond donors (Lipinski definition) is 1. The summed E-state index contributed by atoms with van der Waals surface area (Å²) in [7, 11) is 0. The molecule has 0 rings (SSSR count). The average molecular weight is 928 g/mol. The van der Waals surface area contributed by atoms with Crippen molar-refractivity contribution in [3.63, 3.8) is 0 Å². The van der Waals surface area contributed by atoms with Gasteiger partial charge in [-0.25, -0.2) is 0 Å². The number of ether oxygens (including phenoxy) is 2. The van der Waals surface area contributed by atoms with Crippen LogP contribution >= 0.6 is 0 Å². The maximum atomic E-state index is 12.3. The van der Waals surface area contributed by atoms with E-state index in [4.69, 9.17) is 9.47 Å². The summed E-state index contributed by atoms with van der Waals surface area (Å²) in [6.07, 6.45) is 74.2. The van der Waals surface area contributed by atoms with Gasteiger partial charge in [0.2, 0.25) is 0 Å². The van der Waals surface area contributed by atoms with Gasteiger partial charge in [0.25, 0.3) is 0 Å². The van der Waals surface area contributed by atoms with Crippen LogP contribution in [0, 0.1) is 0 Å². The quantitative estimate of drug-likeness (QED) is 0.0374. The molecule has 0 saturated heterocycles. The van der Waals surface area contributed by atoms with Crippen molar-refractivity contribution in [1.29, 1.82) is 0 Å². The van der Waals surface area contributed by atoms with E-state index in [1.807, 2.05) is 0 Å². The lowest BCUT2D eigenvalue weighted by Gasteiger charge is -2.15. The highest BCUT2D eigenvalue weighted by molar-refractivity contribution is 5.70. The lowest BCUT2D eigenvalue weighted by molar-refractivity contribution is -0.161. The van der Waals surface area contributed by atoms with Gasteiger partial charge in [-0.1, -0.05) is 294 Å². The number of aliphatic hydroxyl groups excluding tert-OH is 1. The summed E-state index contributed by atoms with van der Waals surface area (Å²) in [5.74, 6) is -0.571. The first-order chi connectivity index (χ1) is 32.6. The molecular weight excluding hydrogens is 813 g/mol. The normalized spacial score (nSPS) is 12.3. The minimum absolute atomic E-state index is 0.0595. The topological polar surface area (TPSA) is 72.8 Å². The van der Waals surface area contributed by atoms with E-state index in [-0.39, 0.29) is 25.2 Å². The molecule has 0 saturated carbocycles. The number of esters is 2. The fourth-order valence-electron chi connectivity index (χ4n) is 8.98. The maximum Gasteiger partial charge on any atom is 0.306 e. The fourth-order valence-corrected chi connectivity index (χ4v) is 8.98. The van der Waals surface area contributed by atoms with Crippen molar-refractivity contribution in [3.8, 4) is 0 Å². The van der Waals surface area contributed by atoms with Crippen LogP contribution in [0.25, 0.3) is 0 Å². The van der Waals surface area contributed by atoms with Crippen LogP contribution in [0.5, 0.6) is 0 Å². The van der Waals surface area contributed by atoms with Gasteiger partial charge in [0.05, 0.1) is 6.61 Å². The van der Waals surface area contributed by atoms with Crippen molar-refractivity contribution >= 4 is 11.9 Å². The molecule has 0 fully saturated rings. The molecule has 0 amide bonds. The molecule has 388 valence electrons. The van der Waals surface area contributed by atoms with E-state index in [1.54, 1.807) is 0 Å². The Morgan fingerprint density at radius 3 is 0.909 bits per heavy atom. The van der Waals surface area contributed by atoms with Gasteiger partial charge in [-0.05, 0) is 51.4 Å². The lowest BCUT2D eigenvalue weighted by Crippen LogP contribution is -2.28. The summed E-state index contributed by atoms with van der Waals surface area (Å²) in [4.78, 5) is 24.5. The second-order valence-electron chi connectivity index (χ2n) is 20.1. The van der Waals surface area contributed by atoms with E-state index < -0.39 is 6.10 Å². The Morgan fingerprint density at radius 1 is 0.348 bits per heavy atom. The van der Waals surface area contributed by atoms with E-state index in [2.05, 4.69) is 50.3 Å². The van der Waals surface area contributed by atoms with Crippen LogP contribution in [-0.2, 0) is 19.1 Å². The zero-order valence-corrected chi connectivity index (χ0v) is 44.5. The van der Waals surface area contributed by atoms with Gasteiger partial charge in [-0.3, -0.25) is 9.59 Å². The number of aliphatic hydroxyl groups is 1. The summed E-state index contributed by atoms with van der Waals surface area (Å²) in [5.41, 5.74) is 0. The van der Waals surface area contributed by atoms with Crippen molar-refractivity contribution in [2.24, 2.45) is 0 Å².